The molecule has 0 radical (unpaired) electrons. The Hall–Kier alpha value is -0.0400. The lowest BCUT2D eigenvalue weighted by molar-refractivity contribution is -0.210. The quantitative estimate of drug-likeness (QED) is 0.618. The molecule has 1 heteroatoms. The Balaban J connectivity index is 1.86. The summed E-state index contributed by atoms with van der Waals surface area (Å²) >= 11 is 0. The van der Waals surface area contributed by atoms with Gasteiger partial charge in [0, 0.05) is 18.6 Å². The molecule has 3 heterocycles. The second kappa shape index (κ2) is 2.48. The molecule has 2 aliphatic carbocycles. The smallest absolute Gasteiger partial charge is 0.0321 e. The number of hydrogen-bond acceptors (Lipinski definition) is 1. The van der Waals surface area contributed by atoms with Gasteiger partial charge in [-0.25, -0.2) is 0 Å². The Bertz CT molecular complexity index is 372. The van der Waals surface area contributed by atoms with Crippen LogP contribution in [0.25, 0.3) is 0 Å². The predicted molar refractivity (Wildman–Crippen MR) is 70.8 cm³/mol. The van der Waals surface area contributed by atoms with Crippen molar-refractivity contribution in [3.8, 4) is 0 Å². The Morgan fingerprint density at radius 3 is 1.65 bits per heavy atom. The zero-order valence-corrected chi connectivity index (χ0v) is 12.1. The van der Waals surface area contributed by atoms with Crippen molar-refractivity contribution >= 4 is 0 Å². The summed E-state index contributed by atoms with van der Waals surface area (Å²) < 4.78 is 0. The summed E-state index contributed by atoms with van der Waals surface area (Å²) in [5.74, 6) is 1.86. The molecule has 6 atom stereocenters. The first-order valence-corrected chi connectivity index (χ1v) is 7.50. The van der Waals surface area contributed by atoms with E-state index in [2.05, 4.69) is 39.5 Å². The summed E-state index contributed by atoms with van der Waals surface area (Å²) in [4.78, 5) is 2.93. The molecule has 0 N–H and O–H groups in total. The van der Waals surface area contributed by atoms with Crippen LogP contribution < -0.4 is 0 Å². The first-order valence-electron chi connectivity index (χ1n) is 7.50. The van der Waals surface area contributed by atoms with Gasteiger partial charge in [-0.1, -0.05) is 34.6 Å². The van der Waals surface area contributed by atoms with Gasteiger partial charge in [0.2, 0.25) is 0 Å². The van der Waals surface area contributed by atoms with Crippen LogP contribution in [0.1, 0.15) is 53.9 Å². The fraction of sp³-hybridized carbons (Fsp3) is 1.00. The van der Waals surface area contributed by atoms with E-state index in [0.717, 1.165) is 11.8 Å². The van der Waals surface area contributed by atoms with Crippen LogP contribution in [-0.4, -0.2) is 23.5 Å². The van der Waals surface area contributed by atoms with Crippen molar-refractivity contribution in [1.82, 2.24) is 4.90 Å². The number of hydrogen-bond donors (Lipinski definition) is 0. The molecule has 5 rings (SSSR count). The fourth-order valence-electron chi connectivity index (χ4n) is 7.66. The summed E-state index contributed by atoms with van der Waals surface area (Å²) in [6.45, 7) is 15.5. The van der Waals surface area contributed by atoms with E-state index >= 15 is 0 Å². The Morgan fingerprint density at radius 2 is 1.29 bits per heavy atom. The molecule has 0 amide bonds. The molecule has 96 valence electrons. The maximum atomic E-state index is 2.93. The molecule has 2 saturated carbocycles. The highest BCUT2D eigenvalue weighted by molar-refractivity contribution is 5.31. The Labute approximate surface area is 106 Å². The molecule has 5 aliphatic rings. The van der Waals surface area contributed by atoms with Crippen molar-refractivity contribution in [2.45, 2.75) is 59.4 Å². The van der Waals surface area contributed by atoms with Gasteiger partial charge in [-0.2, -0.15) is 0 Å². The molecular weight excluding hydrogens is 206 g/mol. The third kappa shape index (κ3) is 0.959. The van der Waals surface area contributed by atoms with Crippen LogP contribution in [-0.2, 0) is 0 Å². The van der Waals surface area contributed by atoms with Crippen molar-refractivity contribution in [1.29, 1.82) is 0 Å². The van der Waals surface area contributed by atoms with Crippen molar-refractivity contribution in [2.75, 3.05) is 13.1 Å². The van der Waals surface area contributed by atoms with E-state index in [1.54, 1.807) is 0 Å². The van der Waals surface area contributed by atoms with Gasteiger partial charge >= 0.3 is 0 Å². The average Bonchev–Trinajstić information content (AvgIpc) is 2.63. The van der Waals surface area contributed by atoms with Crippen molar-refractivity contribution in [3.63, 3.8) is 0 Å². The molecule has 3 saturated heterocycles. The molecule has 3 aliphatic heterocycles. The average molecular weight is 233 g/mol. The van der Waals surface area contributed by atoms with Gasteiger partial charge in [0.1, 0.15) is 0 Å². The minimum Gasteiger partial charge on any atom is -0.295 e. The maximum Gasteiger partial charge on any atom is 0.0321 e. The molecule has 17 heavy (non-hydrogen) atoms. The van der Waals surface area contributed by atoms with Crippen molar-refractivity contribution < 1.29 is 0 Å². The van der Waals surface area contributed by atoms with Gasteiger partial charge in [0.05, 0.1) is 0 Å². The molecule has 1 nitrogen and oxygen atoms in total. The van der Waals surface area contributed by atoms with Crippen LogP contribution in [0.5, 0.6) is 0 Å². The second-order valence-electron chi connectivity index (χ2n) is 8.97. The number of rotatable bonds is 0. The zero-order chi connectivity index (χ0) is 12.3. The fourth-order valence-corrected chi connectivity index (χ4v) is 7.66. The predicted octanol–water partition coefficient (Wildman–Crippen LogP) is 3.54. The standard InChI is InChI=1S/C16H27N/c1-11-12(2)16(11)15(5)7-13(3)6-14(4,8-15)10-17(16)9-13/h11-12H,6-10H2,1-5H3/t11?,12?,13-,14+,15?,16?. The highest BCUT2D eigenvalue weighted by Crippen LogP contribution is 2.77. The van der Waals surface area contributed by atoms with E-state index in [9.17, 15) is 0 Å². The van der Waals surface area contributed by atoms with Gasteiger partial charge in [0.15, 0.2) is 0 Å². The van der Waals surface area contributed by atoms with Gasteiger partial charge < -0.3 is 0 Å². The van der Waals surface area contributed by atoms with Gasteiger partial charge in [-0.15, -0.1) is 0 Å². The molecular formula is C16H27N. The highest BCUT2D eigenvalue weighted by atomic mass is 15.3. The Morgan fingerprint density at radius 1 is 0.824 bits per heavy atom. The van der Waals surface area contributed by atoms with Gasteiger partial charge in [-0.05, 0) is 47.3 Å². The number of piperidine rings is 3. The van der Waals surface area contributed by atoms with Crippen LogP contribution in [0.15, 0.2) is 0 Å². The van der Waals surface area contributed by atoms with E-state index in [-0.39, 0.29) is 0 Å². The van der Waals surface area contributed by atoms with Crippen molar-refractivity contribution in [3.05, 3.63) is 0 Å². The van der Waals surface area contributed by atoms with Crippen LogP contribution in [0.2, 0.25) is 0 Å². The first-order chi connectivity index (χ1) is 7.75. The van der Waals surface area contributed by atoms with E-state index in [1.807, 2.05) is 0 Å². The van der Waals surface area contributed by atoms with Gasteiger partial charge in [-0.3, -0.25) is 4.90 Å². The molecule has 0 aromatic rings. The summed E-state index contributed by atoms with van der Waals surface area (Å²) in [6.07, 6.45) is 4.45. The van der Waals surface area contributed by atoms with Crippen LogP contribution in [0.4, 0.5) is 0 Å². The van der Waals surface area contributed by atoms with Crippen molar-refractivity contribution in [2.24, 2.45) is 28.1 Å². The summed E-state index contributed by atoms with van der Waals surface area (Å²) in [5.41, 5.74) is 2.43. The minimum absolute atomic E-state index is 0.590. The third-order valence-corrected chi connectivity index (χ3v) is 7.15. The molecule has 4 unspecified atom stereocenters. The zero-order valence-electron chi connectivity index (χ0n) is 12.1. The van der Waals surface area contributed by atoms with Gasteiger partial charge in [0.25, 0.3) is 0 Å². The lowest BCUT2D eigenvalue weighted by Crippen LogP contribution is -2.72. The molecule has 0 aromatic heterocycles. The highest BCUT2D eigenvalue weighted by Gasteiger charge is 2.78. The van der Waals surface area contributed by atoms with Crippen LogP contribution in [0, 0.1) is 28.1 Å². The lowest BCUT2D eigenvalue weighted by atomic mass is 9.45. The lowest BCUT2D eigenvalue weighted by Gasteiger charge is -2.70. The van der Waals surface area contributed by atoms with E-state index in [4.69, 9.17) is 0 Å². The topological polar surface area (TPSA) is 3.24 Å². The molecule has 5 fully saturated rings. The van der Waals surface area contributed by atoms with Crippen LogP contribution >= 0.6 is 0 Å². The van der Waals surface area contributed by atoms with E-state index < -0.39 is 0 Å². The molecule has 4 bridgehead atoms. The first kappa shape index (κ1) is 10.8. The molecule has 1 spiro atoms. The SMILES string of the molecule is CC1C(C)C12N1C[C@@]3(C)CC2(C)C[C@@](C)(C1)C3. The summed E-state index contributed by atoms with van der Waals surface area (Å²) in [5, 5.41) is 0. The monoisotopic (exact) mass is 233 g/mol. The third-order valence-electron chi connectivity index (χ3n) is 7.15. The maximum absolute atomic E-state index is 2.93. The summed E-state index contributed by atoms with van der Waals surface area (Å²) in [7, 11) is 0. The Kier molecular flexibility index (Phi) is 1.58. The largest absolute Gasteiger partial charge is 0.295 e. The number of nitrogens with zero attached hydrogens (tertiary/aromatic N) is 1. The normalized spacial score (nSPS) is 72.2. The minimum atomic E-state index is 0.590. The van der Waals surface area contributed by atoms with Crippen LogP contribution in [0.3, 0.4) is 0 Å². The summed E-state index contributed by atoms with van der Waals surface area (Å²) in [6, 6.07) is 0. The van der Waals surface area contributed by atoms with E-state index in [1.165, 1.54) is 32.4 Å². The van der Waals surface area contributed by atoms with E-state index in [0.29, 0.717) is 21.8 Å². The second-order valence-corrected chi connectivity index (χ2v) is 8.97. The molecule has 0 aromatic carbocycles.